The van der Waals surface area contributed by atoms with Gasteiger partial charge in [-0.3, -0.25) is 9.78 Å². The highest BCUT2D eigenvalue weighted by molar-refractivity contribution is 9.10. The van der Waals surface area contributed by atoms with Crippen LogP contribution < -0.4 is 5.32 Å². The summed E-state index contributed by atoms with van der Waals surface area (Å²) in [7, 11) is 0. The molecule has 1 amide bonds. The molecule has 3 aromatic rings. The number of carbonyl (C=O) groups excluding carboxylic acids is 1. The highest BCUT2D eigenvalue weighted by Crippen LogP contribution is 2.17. The number of halogens is 1. The number of benzene rings is 1. The average molecular weight is 329 g/mol. The predicted molar refractivity (Wildman–Crippen MR) is 79.4 cm³/mol. The average Bonchev–Trinajstić information content (AvgIpc) is 2.49. The lowest BCUT2D eigenvalue weighted by Gasteiger charge is -2.06. The van der Waals surface area contributed by atoms with Gasteiger partial charge in [-0.2, -0.15) is 0 Å². The highest BCUT2D eigenvalue weighted by atomic mass is 79.9. The number of rotatable bonds is 2. The molecule has 0 radical (unpaired) electrons. The normalized spacial score (nSPS) is 10.4. The number of fused-ring (bicyclic) bond motifs is 1. The van der Waals surface area contributed by atoms with Crippen molar-refractivity contribution >= 4 is 38.6 Å². The smallest absolute Gasteiger partial charge is 0.259 e. The van der Waals surface area contributed by atoms with E-state index in [0.717, 1.165) is 5.39 Å². The highest BCUT2D eigenvalue weighted by Gasteiger charge is 2.11. The summed E-state index contributed by atoms with van der Waals surface area (Å²) in [5.41, 5.74) is 1.17. The standard InChI is InChI=1S/C14H9BrN4O/c15-11-7-18-12(8-17-11)19-14(20)10-5-1-3-9-4-2-6-16-13(9)10/h1-8H,(H,18,19,20). The molecule has 3 rings (SSSR count). The van der Waals surface area contributed by atoms with Crippen LogP contribution >= 0.6 is 15.9 Å². The van der Waals surface area contributed by atoms with Crippen LogP contribution in [0.2, 0.25) is 0 Å². The molecule has 0 saturated heterocycles. The van der Waals surface area contributed by atoms with E-state index < -0.39 is 0 Å². The third-order valence-corrected chi connectivity index (χ3v) is 3.15. The van der Waals surface area contributed by atoms with Crippen LogP contribution in [0.1, 0.15) is 10.4 Å². The van der Waals surface area contributed by atoms with E-state index in [2.05, 4.69) is 36.2 Å². The third-order valence-electron chi connectivity index (χ3n) is 2.74. The molecule has 1 aromatic carbocycles. The number of hydrogen-bond acceptors (Lipinski definition) is 4. The lowest BCUT2D eigenvalue weighted by Crippen LogP contribution is -2.14. The Balaban J connectivity index is 1.94. The van der Waals surface area contributed by atoms with Gasteiger partial charge in [0.2, 0.25) is 0 Å². The van der Waals surface area contributed by atoms with E-state index in [4.69, 9.17) is 0 Å². The molecule has 0 aliphatic heterocycles. The monoisotopic (exact) mass is 328 g/mol. The first-order valence-corrected chi connectivity index (χ1v) is 6.66. The summed E-state index contributed by atoms with van der Waals surface area (Å²) in [5, 5.41) is 3.62. The van der Waals surface area contributed by atoms with Crippen LogP contribution in [0.25, 0.3) is 10.9 Å². The van der Waals surface area contributed by atoms with Gasteiger partial charge in [0.1, 0.15) is 4.60 Å². The van der Waals surface area contributed by atoms with Crippen LogP contribution in [0.5, 0.6) is 0 Å². The lowest BCUT2D eigenvalue weighted by molar-refractivity contribution is 0.102. The fraction of sp³-hybridized carbons (Fsp3) is 0. The molecule has 2 aromatic heterocycles. The van der Waals surface area contributed by atoms with Crippen molar-refractivity contribution in [3.05, 3.63) is 59.1 Å². The predicted octanol–water partition coefficient (Wildman–Crippen LogP) is 3.04. The van der Waals surface area contributed by atoms with E-state index >= 15 is 0 Å². The number of nitrogens with one attached hydrogen (secondary N) is 1. The van der Waals surface area contributed by atoms with E-state index in [-0.39, 0.29) is 5.91 Å². The van der Waals surface area contributed by atoms with Gasteiger partial charge in [-0.15, -0.1) is 0 Å². The summed E-state index contributed by atoms with van der Waals surface area (Å²) >= 11 is 3.19. The third kappa shape index (κ3) is 2.50. The van der Waals surface area contributed by atoms with Crippen LogP contribution in [0, 0.1) is 0 Å². The SMILES string of the molecule is O=C(Nc1cnc(Br)cn1)c1cccc2cccnc12. The minimum atomic E-state index is -0.258. The summed E-state index contributed by atoms with van der Waals surface area (Å²) in [6, 6.07) is 9.23. The molecule has 0 saturated carbocycles. The fourth-order valence-electron chi connectivity index (χ4n) is 1.85. The topological polar surface area (TPSA) is 67.8 Å². The number of hydrogen-bond donors (Lipinski definition) is 1. The molecule has 0 bridgehead atoms. The Hall–Kier alpha value is -2.34. The Labute approximate surface area is 123 Å². The second-order valence-electron chi connectivity index (χ2n) is 4.06. The fourth-order valence-corrected chi connectivity index (χ4v) is 2.05. The van der Waals surface area contributed by atoms with E-state index in [9.17, 15) is 4.79 Å². The molecule has 1 N–H and O–H groups in total. The van der Waals surface area contributed by atoms with Crippen molar-refractivity contribution in [2.45, 2.75) is 0 Å². The van der Waals surface area contributed by atoms with E-state index in [0.29, 0.717) is 21.5 Å². The molecule has 0 aliphatic rings. The maximum Gasteiger partial charge on any atom is 0.259 e. The number of amides is 1. The minimum absolute atomic E-state index is 0.258. The van der Waals surface area contributed by atoms with Gasteiger partial charge in [-0.25, -0.2) is 9.97 Å². The van der Waals surface area contributed by atoms with Crippen molar-refractivity contribution < 1.29 is 4.79 Å². The van der Waals surface area contributed by atoms with E-state index in [1.54, 1.807) is 12.3 Å². The van der Waals surface area contributed by atoms with Gasteiger partial charge in [0, 0.05) is 11.6 Å². The molecular weight excluding hydrogens is 320 g/mol. The van der Waals surface area contributed by atoms with Crippen molar-refractivity contribution in [3.63, 3.8) is 0 Å². The van der Waals surface area contributed by atoms with E-state index in [1.807, 2.05) is 24.3 Å². The molecule has 0 spiro atoms. The van der Waals surface area contributed by atoms with Crippen LogP contribution in [-0.4, -0.2) is 20.9 Å². The van der Waals surface area contributed by atoms with Crippen molar-refractivity contribution in [2.24, 2.45) is 0 Å². The number of carbonyl (C=O) groups is 1. The van der Waals surface area contributed by atoms with Crippen LogP contribution in [-0.2, 0) is 0 Å². The van der Waals surface area contributed by atoms with Crippen molar-refractivity contribution in [2.75, 3.05) is 5.32 Å². The maximum atomic E-state index is 12.3. The Kier molecular flexibility index (Phi) is 3.39. The molecule has 0 fully saturated rings. The Bertz CT molecular complexity index is 768. The van der Waals surface area contributed by atoms with Crippen molar-refractivity contribution in [1.29, 1.82) is 0 Å². The molecule has 0 atom stereocenters. The largest absolute Gasteiger partial charge is 0.305 e. The summed E-state index contributed by atoms with van der Waals surface area (Å²) in [6.45, 7) is 0. The first-order chi connectivity index (χ1) is 9.74. The first kappa shape index (κ1) is 12.7. The zero-order chi connectivity index (χ0) is 13.9. The summed E-state index contributed by atoms with van der Waals surface area (Å²) < 4.78 is 0.613. The van der Waals surface area contributed by atoms with Crippen molar-refractivity contribution in [3.8, 4) is 0 Å². The second-order valence-corrected chi connectivity index (χ2v) is 4.87. The van der Waals surface area contributed by atoms with Gasteiger partial charge in [-0.05, 0) is 28.1 Å². The molecule has 20 heavy (non-hydrogen) atoms. The zero-order valence-electron chi connectivity index (χ0n) is 10.2. The molecule has 0 aliphatic carbocycles. The van der Waals surface area contributed by atoms with Gasteiger partial charge in [0.25, 0.3) is 5.91 Å². The lowest BCUT2D eigenvalue weighted by atomic mass is 10.1. The number of anilines is 1. The number of aromatic nitrogens is 3. The summed E-state index contributed by atoms with van der Waals surface area (Å²) in [5.74, 6) is 0.136. The van der Waals surface area contributed by atoms with Gasteiger partial charge in [0.05, 0.1) is 23.5 Å². The van der Waals surface area contributed by atoms with Gasteiger partial charge < -0.3 is 5.32 Å². The van der Waals surface area contributed by atoms with Gasteiger partial charge >= 0.3 is 0 Å². The van der Waals surface area contributed by atoms with Gasteiger partial charge in [-0.1, -0.05) is 18.2 Å². The molecule has 2 heterocycles. The van der Waals surface area contributed by atoms with E-state index in [1.165, 1.54) is 12.4 Å². The molecule has 98 valence electrons. The number of pyridine rings is 1. The Morgan fingerprint density at radius 1 is 1.05 bits per heavy atom. The maximum absolute atomic E-state index is 12.3. The second kappa shape index (κ2) is 5.34. The molecule has 6 heteroatoms. The van der Waals surface area contributed by atoms with Gasteiger partial charge in [0.15, 0.2) is 5.82 Å². The number of nitrogens with zero attached hydrogens (tertiary/aromatic N) is 3. The molecule has 0 unspecified atom stereocenters. The van der Waals surface area contributed by atoms with Crippen LogP contribution in [0.3, 0.4) is 0 Å². The first-order valence-electron chi connectivity index (χ1n) is 5.87. The summed E-state index contributed by atoms with van der Waals surface area (Å²) in [4.78, 5) is 24.6. The van der Waals surface area contributed by atoms with Crippen LogP contribution in [0.15, 0.2) is 53.5 Å². The molecular formula is C14H9BrN4O. The Morgan fingerprint density at radius 3 is 2.70 bits per heavy atom. The zero-order valence-corrected chi connectivity index (χ0v) is 11.8. The number of para-hydroxylation sites is 1. The minimum Gasteiger partial charge on any atom is -0.305 e. The Morgan fingerprint density at radius 2 is 1.90 bits per heavy atom. The molecule has 5 nitrogen and oxygen atoms in total. The summed E-state index contributed by atoms with van der Waals surface area (Å²) in [6.07, 6.45) is 4.68. The quantitative estimate of drug-likeness (QED) is 0.785. The van der Waals surface area contributed by atoms with Crippen molar-refractivity contribution in [1.82, 2.24) is 15.0 Å². The van der Waals surface area contributed by atoms with Crippen LogP contribution in [0.4, 0.5) is 5.82 Å².